The Morgan fingerprint density at radius 1 is 0.833 bits per heavy atom. The van der Waals surface area contributed by atoms with Gasteiger partial charge in [0.2, 0.25) is 5.75 Å². The number of hydrogen-bond acceptors (Lipinski definition) is 7. The van der Waals surface area contributed by atoms with Crippen LogP contribution < -0.4 is 14.2 Å². The molecule has 36 heavy (non-hydrogen) atoms. The third-order valence-electron chi connectivity index (χ3n) is 6.76. The summed E-state index contributed by atoms with van der Waals surface area (Å²) in [4.78, 5) is 29.6. The summed E-state index contributed by atoms with van der Waals surface area (Å²) in [5.74, 6) is 1.25. The molecule has 190 valence electrons. The van der Waals surface area contributed by atoms with E-state index in [1.165, 1.54) is 0 Å². The second kappa shape index (κ2) is 9.92. The van der Waals surface area contributed by atoms with Crippen LogP contribution in [0.3, 0.4) is 0 Å². The van der Waals surface area contributed by atoms with E-state index in [4.69, 9.17) is 14.2 Å². The Kier molecular flexibility index (Phi) is 6.53. The van der Waals surface area contributed by atoms with E-state index < -0.39 is 0 Å². The zero-order valence-corrected chi connectivity index (χ0v) is 20.7. The summed E-state index contributed by atoms with van der Waals surface area (Å²) >= 11 is 0. The highest BCUT2D eigenvalue weighted by molar-refractivity contribution is 5.95. The van der Waals surface area contributed by atoms with Gasteiger partial charge in [-0.15, -0.1) is 0 Å². The first-order valence-electron chi connectivity index (χ1n) is 12.0. The van der Waals surface area contributed by atoms with Crippen molar-refractivity contribution in [1.29, 1.82) is 0 Å². The first-order chi connectivity index (χ1) is 17.5. The van der Waals surface area contributed by atoms with Gasteiger partial charge in [-0.3, -0.25) is 19.4 Å². The van der Waals surface area contributed by atoms with Crippen LogP contribution >= 0.6 is 0 Å². The molecular formula is C25H30N6O5. The molecule has 11 heteroatoms. The SMILES string of the molecule is COc1cc(-c2cc(C(=O)N3CCN(C(=O)c4cc5n(n4)CCCC5)CC3)[nH]n2)cc(OC)c1OC. The van der Waals surface area contributed by atoms with Crippen molar-refractivity contribution in [3.8, 4) is 28.5 Å². The van der Waals surface area contributed by atoms with Gasteiger partial charge in [-0.1, -0.05) is 0 Å². The molecule has 0 unspecified atom stereocenters. The molecule has 1 aromatic carbocycles. The number of aromatic amines is 1. The highest BCUT2D eigenvalue weighted by atomic mass is 16.5. The fourth-order valence-electron chi connectivity index (χ4n) is 4.78. The van der Waals surface area contributed by atoms with Crippen molar-refractivity contribution in [3.63, 3.8) is 0 Å². The van der Waals surface area contributed by atoms with Gasteiger partial charge in [0.1, 0.15) is 5.69 Å². The van der Waals surface area contributed by atoms with Crippen LogP contribution in [-0.2, 0) is 13.0 Å². The summed E-state index contributed by atoms with van der Waals surface area (Å²) in [5.41, 5.74) is 3.30. The topological polar surface area (TPSA) is 115 Å². The Labute approximate surface area is 208 Å². The number of aryl methyl sites for hydroxylation is 2. The van der Waals surface area contributed by atoms with E-state index in [1.807, 2.05) is 10.7 Å². The fraction of sp³-hybridized carbons (Fsp3) is 0.440. The molecule has 1 N–H and O–H groups in total. The maximum Gasteiger partial charge on any atom is 0.274 e. The standard InChI is InChI=1S/C25H30N6O5/c1-34-21-12-16(13-22(35-2)23(21)36-3)18-15-19(27-26-18)24(32)29-8-10-30(11-9-29)25(33)20-14-17-6-4-5-7-31(17)28-20/h12-15H,4-11H2,1-3H3,(H,26,27). The minimum Gasteiger partial charge on any atom is -0.493 e. The lowest BCUT2D eigenvalue weighted by molar-refractivity contribution is 0.0528. The Balaban J connectivity index is 1.25. The lowest BCUT2D eigenvalue weighted by atomic mass is 10.1. The number of methoxy groups -OCH3 is 3. The summed E-state index contributed by atoms with van der Waals surface area (Å²) in [7, 11) is 4.64. The van der Waals surface area contributed by atoms with E-state index in [-0.39, 0.29) is 11.8 Å². The number of benzene rings is 1. The van der Waals surface area contributed by atoms with Gasteiger partial charge >= 0.3 is 0 Å². The van der Waals surface area contributed by atoms with Crippen molar-refractivity contribution in [3.05, 3.63) is 41.3 Å². The Morgan fingerprint density at radius 2 is 1.50 bits per heavy atom. The molecule has 0 aliphatic carbocycles. The normalized spacial score (nSPS) is 15.4. The highest BCUT2D eigenvalue weighted by Gasteiger charge is 2.28. The van der Waals surface area contributed by atoms with Crippen molar-refractivity contribution in [2.24, 2.45) is 0 Å². The van der Waals surface area contributed by atoms with Gasteiger partial charge in [-0.05, 0) is 43.5 Å². The van der Waals surface area contributed by atoms with E-state index in [2.05, 4.69) is 15.3 Å². The zero-order chi connectivity index (χ0) is 25.2. The second-order valence-electron chi connectivity index (χ2n) is 8.87. The number of rotatable bonds is 6. The Hall–Kier alpha value is -4.02. The van der Waals surface area contributed by atoms with Crippen LogP contribution in [0.5, 0.6) is 17.2 Å². The summed E-state index contributed by atoms with van der Waals surface area (Å²) < 4.78 is 18.2. The Morgan fingerprint density at radius 3 is 2.11 bits per heavy atom. The minimum atomic E-state index is -0.161. The highest BCUT2D eigenvalue weighted by Crippen LogP contribution is 2.40. The molecule has 4 heterocycles. The first kappa shape index (κ1) is 23.7. The number of piperazine rings is 1. The van der Waals surface area contributed by atoms with Crippen LogP contribution in [0.15, 0.2) is 24.3 Å². The summed E-state index contributed by atoms with van der Waals surface area (Å²) in [6, 6.07) is 7.18. The van der Waals surface area contributed by atoms with Gasteiger partial charge in [0.15, 0.2) is 17.2 Å². The van der Waals surface area contributed by atoms with Crippen molar-refractivity contribution in [1.82, 2.24) is 29.8 Å². The van der Waals surface area contributed by atoms with Crippen LogP contribution in [0.2, 0.25) is 0 Å². The Bertz CT molecular complexity index is 1230. The van der Waals surface area contributed by atoms with E-state index in [0.29, 0.717) is 60.5 Å². The van der Waals surface area contributed by atoms with Gasteiger partial charge in [0.05, 0.1) is 27.0 Å². The van der Waals surface area contributed by atoms with E-state index in [1.54, 1.807) is 49.3 Å². The molecule has 0 atom stereocenters. The molecule has 5 rings (SSSR count). The first-order valence-corrected chi connectivity index (χ1v) is 12.0. The second-order valence-corrected chi connectivity index (χ2v) is 8.87. The maximum atomic E-state index is 13.1. The van der Waals surface area contributed by atoms with Crippen molar-refractivity contribution in [2.75, 3.05) is 47.5 Å². The zero-order valence-electron chi connectivity index (χ0n) is 20.7. The molecule has 2 aliphatic rings. The predicted octanol–water partition coefficient (Wildman–Crippen LogP) is 2.23. The molecule has 0 spiro atoms. The smallest absolute Gasteiger partial charge is 0.274 e. The lowest BCUT2D eigenvalue weighted by Gasteiger charge is -2.34. The van der Waals surface area contributed by atoms with Crippen LogP contribution in [0.25, 0.3) is 11.3 Å². The monoisotopic (exact) mass is 494 g/mol. The van der Waals surface area contributed by atoms with Crippen LogP contribution in [0.4, 0.5) is 0 Å². The molecule has 1 saturated heterocycles. The number of hydrogen-bond donors (Lipinski definition) is 1. The molecule has 2 aromatic heterocycles. The van der Waals surface area contributed by atoms with Gasteiger partial charge in [0.25, 0.3) is 11.8 Å². The minimum absolute atomic E-state index is 0.0739. The number of carbonyl (C=O) groups excluding carboxylic acids is 2. The van der Waals surface area contributed by atoms with Crippen LogP contribution in [0.1, 0.15) is 39.5 Å². The molecule has 0 bridgehead atoms. The predicted molar refractivity (Wildman–Crippen MR) is 131 cm³/mol. The van der Waals surface area contributed by atoms with Crippen molar-refractivity contribution < 1.29 is 23.8 Å². The van der Waals surface area contributed by atoms with Crippen LogP contribution in [0, 0.1) is 0 Å². The number of nitrogens with zero attached hydrogens (tertiary/aromatic N) is 5. The fourth-order valence-corrected chi connectivity index (χ4v) is 4.78. The van der Waals surface area contributed by atoms with Gasteiger partial charge in [0, 0.05) is 44.0 Å². The largest absolute Gasteiger partial charge is 0.493 e. The average molecular weight is 495 g/mol. The summed E-state index contributed by atoms with van der Waals surface area (Å²) in [5, 5.41) is 11.7. The third-order valence-corrected chi connectivity index (χ3v) is 6.76. The van der Waals surface area contributed by atoms with Gasteiger partial charge in [-0.2, -0.15) is 10.2 Å². The number of amides is 2. The molecule has 2 aliphatic heterocycles. The number of ether oxygens (including phenoxy) is 3. The molecular weight excluding hydrogens is 464 g/mol. The number of aromatic nitrogens is 4. The van der Waals surface area contributed by atoms with E-state index >= 15 is 0 Å². The molecule has 11 nitrogen and oxygen atoms in total. The quantitative estimate of drug-likeness (QED) is 0.559. The van der Waals surface area contributed by atoms with Crippen molar-refractivity contribution >= 4 is 11.8 Å². The number of fused-ring (bicyclic) bond motifs is 1. The van der Waals surface area contributed by atoms with E-state index in [0.717, 1.165) is 37.1 Å². The molecule has 3 aromatic rings. The average Bonchev–Trinajstić information content (AvgIpc) is 3.59. The number of H-pyrrole nitrogens is 1. The number of nitrogens with one attached hydrogen (secondary N) is 1. The summed E-state index contributed by atoms with van der Waals surface area (Å²) in [6.45, 7) is 2.67. The molecule has 0 saturated carbocycles. The van der Waals surface area contributed by atoms with E-state index in [9.17, 15) is 9.59 Å². The lowest BCUT2D eigenvalue weighted by Crippen LogP contribution is -2.50. The summed E-state index contributed by atoms with van der Waals surface area (Å²) in [6.07, 6.45) is 3.19. The maximum absolute atomic E-state index is 13.1. The third kappa shape index (κ3) is 4.36. The van der Waals surface area contributed by atoms with Crippen molar-refractivity contribution in [2.45, 2.75) is 25.8 Å². The molecule has 0 radical (unpaired) electrons. The number of carbonyl (C=O) groups is 2. The molecule has 2 amide bonds. The van der Waals surface area contributed by atoms with Gasteiger partial charge < -0.3 is 24.0 Å². The molecule has 1 fully saturated rings. The van der Waals surface area contributed by atoms with Crippen LogP contribution in [-0.4, -0.2) is 89.1 Å². The van der Waals surface area contributed by atoms with Gasteiger partial charge in [-0.25, -0.2) is 0 Å².